The third kappa shape index (κ3) is 6.41. The van der Waals surface area contributed by atoms with E-state index in [9.17, 15) is 4.79 Å². The van der Waals surface area contributed by atoms with E-state index in [-0.39, 0.29) is 12.0 Å². The van der Waals surface area contributed by atoms with Gasteiger partial charge in [0, 0.05) is 29.9 Å². The van der Waals surface area contributed by atoms with E-state index in [1.807, 2.05) is 72.8 Å². The Morgan fingerprint density at radius 2 is 1.44 bits per heavy atom. The highest BCUT2D eigenvalue weighted by Crippen LogP contribution is 2.33. The molecule has 200 valence electrons. The third-order valence-electron chi connectivity index (χ3n) is 7.10. The molecular weight excluding hydrogens is 488 g/mol. The van der Waals surface area contributed by atoms with E-state index in [4.69, 9.17) is 14.2 Å². The number of piperidine rings is 1. The quantitative estimate of drug-likeness (QED) is 0.277. The maximum Gasteiger partial charge on any atom is 0.255 e. The number of methoxy groups -OCH3 is 2. The first-order chi connectivity index (χ1) is 19.0. The van der Waals surface area contributed by atoms with E-state index in [0.717, 1.165) is 65.4 Å². The zero-order valence-electron chi connectivity index (χ0n) is 22.6. The van der Waals surface area contributed by atoms with E-state index < -0.39 is 0 Å². The second kappa shape index (κ2) is 12.0. The Morgan fingerprint density at radius 1 is 0.769 bits per heavy atom. The van der Waals surface area contributed by atoms with Gasteiger partial charge in [-0.25, -0.2) is 0 Å². The van der Waals surface area contributed by atoms with Gasteiger partial charge in [-0.05, 0) is 91.2 Å². The molecule has 39 heavy (non-hydrogen) atoms. The van der Waals surface area contributed by atoms with Crippen LogP contribution in [0, 0.1) is 0 Å². The van der Waals surface area contributed by atoms with Crippen LogP contribution in [0.5, 0.6) is 17.2 Å². The summed E-state index contributed by atoms with van der Waals surface area (Å²) in [6.45, 7) is 2.11. The number of likely N-dealkylation sites (tertiary alicyclic amines) is 1. The number of benzene rings is 4. The van der Waals surface area contributed by atoms with Gasteiger partial charge in [-0.3, -0.25) is 4.79 Å². The van der Waals surface area contributed by atoms with E-state index in [1.165, 1.54) is 0 Å². The fourth-order valence-corrected chi connectivity index (χ4v) is 4.89. The van der Waals surface area contributed by atoms with Crippen molar-refractivity contribution in [2.45, 2.75) is 18.9 Å². The molecule has 1 amide bonds. The molecule has 0 radical (unpaired) electrons. The van der Waals surface area contributed by atoms with Crippen LogP contribution >= 0.6 is 0 Å². The van der Waals surface area contributed by atoms with Crippen molar-refractivity contribution >= 4 is 11.6 Å². The van der Waals surface area contributed by atoms with Crippen LogP contribution in [0.15, 0.2) is 91.0 Å². The van der Waals surface area contributed by atoms with E-state index in [2.05, 4.69) is 29.4 Å². The van der Waals surface area contributed by atoms with Crippen LogP contribution in [-0.2, 0) is 0 Å². The average Bonchev–Trinajstić information content (AvgIpc) is 2.98. The minimum atomic E-state index is -0.196. The highest BCUT2D eigenvalue weighted by molar-refractivity contribution is 6.05. The Labute approximate surface area is 230 Å². The van der Waals surface area contributed by atoms with Gasteiger partial charge in [0.25, 0.3) is 5.91 Å². The predicted molar refractivity (Wildman–Crippen MR) is 156 cm³/mol. The highest BCUT2D eigenvalue weighted by Gasteiger charge is 2.18. The summed E-state index contributed by atoms with van der Waals surface area (Å²) in [5.41, 5.74) is 5.03. The van der Waals surface area contributed by atoms with Gasteiger partial charge in [-0.15, -0.1) is 0 Å². The standard InChI is InChI=1S/C33H34N2O4/c1-35-17-15-28(16-18-35)39-30-12-5-8-24(20-30)23-7-4-10-27(19-23)34-33(36)26-13-14-32(38-3)31(22-26)25-9-6-11-29(21-25)37-2/h4-14,19-22,28H,15-18H2,1-3H3,(H,34,36). The van der Waals surface area contributed by atoms with E-state index >= 15 is 0 Å². The fraction of sp³-hybridized carbons (Fsp3) is 0.242. The van der Waals surface area contributed by atoms with Gasteiger partial charge in [0.1, 0.15) is 23.4 Å². The number of carbonyl (C=O) groups excluding carboxylic acids is 1. The predicted octanol–water partition coefficient (Wildman–Crippen LogP) is 6.76. The Bertz CT molecular complexity index is 1440. The van der Waals surface area contributed by atoms with Crippen molar-refractivity contribution in [2.24, 2.45) is 0 Å². The molecule has 1 saturated heterocycles. The number of rotatable bonds is 8. The number of anilines is 1. The molecule has 1 aliphatic heterocycles. The summed E-state index contributed by atoms with van der Waals surface area (Å²) in [7, 11) is 5.40. The summed E-state index contributed by atoms with van der Waals surface area (Å²) in [6.07, 6.45) is 2.31. The van der Waals surface area contributed by atoms with Gasteiger partial charge in [0.15, 0.2) is 0 Å². The molecular formula is C33H34N2O4. The summed E-state index contributed by atoms with van der Waals surface area (Å²) >= 11 is 0. The molecule has 5 rings (SSSR count). The van der Waals surface area contributed by atoms with Crippen LogP contribution in [0.25, 0.3) is 22.3 Å². The molecule has 1 fully saturated rings. The molecule has 1 aliphatic rings. The summed E-state index contributed by atoms with van der Waals surface area (Å²) in [6, 6.07) is 29.2. The first-order valence-corrected chi connectivity index (χ1v) is 13.2. The second-order valence-corrected chi connectivity index (χ2v) is 9.83. The van der Waals surface area contributed by atoms with Gasteiger partial charge >= 0.3 is 0 Å². The maximum atomic E-state index is 13.3. The molecule has 0 bridgehead atoms. The Hall–Kier alpha value is -4.29. The normalized spacial score (nSPS) is 14.0. The lowest BCUT2D eigenvalue weighted by molar-refractivity contribution is 0.102. The van der Waals surface area contributed by atoms with Gasteiger partial charge < -0.3 is 24.4 Å². The zero-order chi connectivity index (χ0) is 27.2. The van der Waals surface area contributed by atoms with Crippen LogP contribution in [-0.4, -0.2) is 51.3 Å². The number of hydrogen-bond acceptors (Lipinski definition) is 5. The monoisotopic (exact) mass is 522 g/mol. The fourth-order valence-electron chi connectivity index (χ4n) is 4.89. The molecule has 0 saturated carbocycles. The molecule has 0 unspecified atom stereocenters. The number of amides is 1. The molecule has 6 nitrogen and oxygen atoms in total. The number of nitrogens with zero attached hydrogens (tertiary/aromatic N) is 1. The van der Waals surface area contributed by atoms with Crippen LogP contribution in [0.3, 0.4) is 0 Å². The lowest BCUT2D eigenvalue weighted by Gasteiger charge is -2.29. The molecule has 6 heteroatoms. The molecule has 1 heterocycles. The molecule has 4 aromatic carbocycles. The van der Waals surface area contributed by atoms with E-state index in [1.54, 1.807) is 20.3 Å². The van der Waals surface area contributed by atoms with Crippen LogP contribution < -0.4 is 19.5 Å². The summed E-state index contributed by atoms with van der Waals surface area (Å²) in [4.78, 5) is 15.6. The van der Waals surface area contributed by atoms with Crippen molar-refractivity contribution in [2.75, 3.05) is 39.7 Å². The lowest BCUT2D eigenvalue weighted by atomic mass is 10.0. The van der Waals surface area contributed by atoms with Crippen molar-refractivity contribution in [3.05, 3.63) is 96.6 Å². The lowest BCUT2D eigenvalue weighted by Crippen LogP contribution is -2.35. The van der Waals surface area contributed by atoms with Crippen LogP contribution in [0.2, 0.25) is 0 Å². The SMILES string of the molecule is COc1cccc(-c2cc(C(=O)Nc3cccc(-c4cccc(OC5CCN(C)CC5)c4)c3)ccc2OC)c1. The van der Waals surface area contributed by atoms with Crippen LogP contribution in [0.4, 0.5) is 5.69 Å². The zero-order valence-corrected chi connectivity index (χ0v) is 22.6. The van der Waals surface area contributed by atoms with Gasteiger partial charge in [-0.1, -0.05) is 36.4 Å². The minimum absolute atomic E-state index is 0.196. The smallest absolute Gasteiger partial charge is 0.255 e. The Balaban J connectivity index is 1.33. The Kier molecular flexibility index (Phi) is 8.13. The number of ether oxygens (including phenoxy) is 3. The summed E-state index contributed by atoms with van der Waals surface area (Å²) < 4.78 is 17.2. The van der Waals surface area contributed by atoms with Gasteiger partial charge in [0.2, 0.25) is 0 Å². The maximum absolute atomic E-state index is 13.3. The van der Waals surface area contributed by atoms with Crippen molar-refractivity contribution in [3.8, 4) is 39.5 Å². The van der Waals surface area contributed by atoms with E-state index in [0.29, 0.717) is 11.3 Å². The topological polar surface area (TPSA) is 60.0 Å². The minimum Gasteiger partial charge on any atom is -0.497 e. The number of hydrogen-bond donors (Lipinski definition) is 1. The van der Waals surface area contributed by atoms with Gasteiger partial charge in [-0.2, -0.15) is 0 Å². The summed E-state index contributed by atoms with van der Waals surface area (Å²) in [5.74, 6) is 2.10. The number of carbonyl (C=O) groups is 1. The van der Waals surface area contributed by atoms with Crippen LogP contribution in [0.1, 0.15) is 23.2 Å². The molecule has 0 aromatic heterocycles. The first kappa shape index (κ1) is 26.3. The van der Waals surface area contributed by atoms with Crippen molar-refractivity contribution < 1.29 is 19.0 Å². The van der Waals surface area contributed by atoms with Gasteiger partial charge in [0.05, 0.1) is 14.2 Å². The van der Waals surface area contributed by atoms with Crippen molar-refractivity contribution in [1.82, 2.24) is 4.90 Å². The largest absolute Gasteiger partial charge is 0.497 e. The Morgan fingerprint density at radius 3 is 2.18 bits per heavy atom. The number of nitrogens with one attached hydrogen (secondary N) is 1. The molecule has 0 aliphatic carbocycles. The third-order valence-corrected chi connectivity index (χ3v) is 7.10. The van der Waals surface area contributed by atoms with Crippen molar-refractivity contribution in [3.63, 3.8) is 0 Å². The molecule has 1 N–H and O–H groups in total. The molecule has 0 spiro atoms. The second-order valence-electron chi connectivity index (χ2n) is 9.83. The highest BCUT2D eigenvalue weighted by atomic mass is 16.5. The first-order valence-electron chi connectivity index (χ1n) is 13.2. The average molecular weight is 523 g/mol. The summed E-state index contributed by atoms with van der Waals surface area (Å²) in [5, 5.41) is 3.05. The molecule has 4 aromatic rings. The molecule has 0 atom stereocenters. The van der Waals surface area contributed by atoms with Crippen molar-refractivity contribution in [1.29, 1.82) is 0 Å².